The lowest BCUT2D eigenvalue weighted by molar-refractivity contribution is -0.355. The summed E-state index contributed by atoms with van der Waals surface area (Å²) in [5, 5.41) is 83.7. The molecular formula is C33H40O15. The topological polar surface area (TPSA) is 238 Å². The van der Waals surface area contributed by atoms with Gasteiger partial charge in [-0.15, -0.1) is 0 Å². The number of ether oxygens (including phenoxy) is 5. The maximum absolute atomic E-state index is 14.3. The molecule has 5 rings (SSSR count). The normalized spacial score (nSPS) is 30.6. The second-order valence-electron chi connectivity index (χ2n) is 12.0. The second-order valence-corrected chi connectivity index (χ2v) is 12.0. The molecule has 48 heavy (non-hydrogen) atoms. The Kier molecular flexibility index (Phi) is 10.6. The van der Waals surface area contributed by atoms with Crippen LogP contribution in [0.25, 0.3) is 22.3 Å². The van der Waals surface area contributed by atoms with Crippen molar-refractivity contribution in [2.75, 3.05) is 13.7 Å². The molecule has 262 valence electrons. The van der Waals surface area contributed by atoms with Crippen LogP contribution in [0.4, 0.5) is 0 Å². The van der Waals surface area contributed by atoms with Crippen molar-refractivity contribution in [2.24, 2.45) is 0 Å². The third kappa shape index (κ3) is 6.74. The first-order valence-corrected chi connectivity index (χ1v) is 15.2. The summed E-state index contributed by atoms with van der Waals surface area (Å²) in [6, 6.07) is 7.34. The maximum Gasteiger partial charge on any atom is 0.239 e. The van der Waals surface area contributed by atoms with Crippen LogP contribution in [-0.2, 0) is 20.6 Å². The molecule has 0 aliphatic carbocycles. The van der Waals surface area contributed by atoms with Gasteiger partial charge in [0.15, 0.2) is 18.2 Å². The van der Waals surface area contributed by atoms with Crippen molar-refractivity contribution in [3.05, 3.63) is 57.8 Å². The van der Waals surface area contributed by atoms with Crippen LogP contribution >= 0.6 is 0 Å². The average Bonchev–Trinajstić information content (AvgIpc) is 3.05. The summed E-state index contributed by atoms with van der Waals surface area (Å²) >= 11 is 0. The Morgan fingerprint density at radius 3 is 2.21 bits per heavy atom. The lowest BCUT2D eigenvalue weighted by atomic mass is 9.97. The van der Waals surface area contributed by atoms with Gasteiger partial charge < -0.3 is 69.0 Å². The molecule has 0 radical (unpaired) electrons. The number of benzene rings is 2. The molecule has 2 fully saturated rings. The molecule has 0 saturated carbocycles. The number of aromatic hydroxyl groups is 2. The van der Waals surface area contributed by atoms with Crippen molar-refractivity contribution in [1.82, 2.24) is 0 Å². The first kappa shape index (κ1) is 35.5. The molecule has 3 heterocycles. The molecule has 2 aliphatic rings. The van der Waals surface area contributed by atoms with E-state index < -0.39 is 84.9 Å². The summed E-state index contributed by atoms with van der Waals surface area (Å²) in [6.07, 6.45) is -14.4. The molecule has 2 saturated heterocycles. The molecule has 0 spiro atoms. The Balaban J connectivity index is 1.65. The Labute approximate surface area is 274 Å². The molecular weight excluding hydrogens is 636 g/mol. The lowest BCUT2D eigenvalue weighted by Crippen LogP contribution is -2.64. The maximum atomic E-state index is 14.3. The van der Waals surface area contributed by atoms with Crippen LogP contribution in [0.3, 0.4) is 0 Å². The quantitative estimate of drug-likeness (QED) is 0.143. The van der Waals surface area contributed by atoms with Crippen molar-refractivity contribution >= 4 is 11.0 Å². The van der Waals surface area contributed by atoms with Gasteiger partial charge in [-0.3, -0.25) is 4.79 Å². The highest BCUT2D eigenvalue weighted by Crippen LogP contribution is 2.41. The van der Waals surface area contributed by atoms with E-state index in [0.29, 0.717) is 11.3 Å². The third-order valence-electron chi connectivity index (χ3n) is 8.41. The molecule has 2 aliphatic heterocycles. The first-order valence-electron chi connectivity index (χ1n) is 15.2. The van der Waals surface area contributed by atoms with E-state index in [1.54, 1.807) is 30.3 Å². The van der Waals surface area contributed by atoms with E-state index in [0.717, 1.165) is 11.6 Å². The molecule has 15 heteroatoms. The van der Waals surface area contributed by atoms with Gasteiger partial charge in [0, 0.05) is 17.2 Å². The van der Waals surface area contributed by atoms with Crippen LogP contribution < -0.4 is 14.9 Å². The molecule has 0 amide bonds. The average molecular weight is 677 g/mol. The van der Waals surface area contributed by atoms with Crippen molar-refractivity contribution < 1.29 is 69.0 Å². The van der Waals surface area contributed by atoms with Gasteiger partial charge in [-0.1, -0.05) is 11.6 Å². The SMILES string of the molecule is COc1ccc(-c2oc3c(CC=C(C)C)c(O)cc(O)c3c(=O)c2O[C@@H]2OC(C)[C@H](O)C(O)[C@@H]2O[C@@H]2OC(CO)[C@@H](O)C(O)[C@H]2O)cc1. The van der Waals surface area contributed by atoms with Crippen molar-refractivity contribution in [3.63, 3.8) is 0 Å². The fourth-order valence-electron chi connectivity index (χ4n) is 5.61. The van der Waals surface area contributed by atoms with E-state index in [2.05, 4.69) is 0 Å². The minimum absolute atomic E-state index is 0.115. The summed E-state index contributed by atoms with van der Waals surface area (Å²) in [6.45, 7) is 4.37. The largest absolute Gasteiger partial charge is 0.507 e. The minimum Gasteiger partial charge on any atom is -0.507 e. The van der Waals surface area contributed by atoms with Gasteiger partial charge in [0.2, 0.25) is 17.5 Å². The molecule has 2 aromatic carbocycles. The summed E-state index contributed by atoms with van der Waals surface area (Å²) in [5.74, 6) is -1.11. The first-order chi connectivity index (χ1) is 22.8. The molecule has 1 aromatic heterocycles. The monoisotopic (exact) mass is 676 g/mol. The number of allylic oxidation sites excluding steroid dienone is 2. The van der Waals surface area contributed by atoms with E-state index >= 15 is 0 Å². The molecule has 4 unspecified atom stereocenters. The van der Waals surface area contributed by atoms with E-state index in [1.807, 2.05) is 13.8 Å². The van der Waals surface area contributed by atoms with Gasteiger partial charge in [0.25, 0.3) is 0 Å². The summed E-state index contributed by atoms with van der Waals surface area (Å²) in [5.41, 5.74) is 0.434. The van der Waals surface area contributed by atoms with Crippen molar-refractivity contribution in [1.29, 1.82) is 0 Å². The number of aliphatic hydroxyl groups excluding tert-OH is 6. The summed E-state index contributed by atoms with van der Waals surface area (Å²) < 4.78 is 34.6. The van der Waals surface area contributed by atoms with E-state index in [1.165, 1.54) is 14.0 Å². The fourth-order valence-corrected chi connectivity index (χ4v) is 5.61. The zero-order valence-electron chi connectivity index (χ0n) is 26.6. The van der Waals surface area contributed by atoms with Gasteiger partial charge in [-0.2, -0.15) is 0 Å². The van der Waals surface area contributed by atoms with Crippen LogP contribution in [-0.4, -0.2) is 116 Å². The highest BCUT2D eigenvalue weighted by molar-refractivity contribution is 5.91. The predicted octanol–water partition coefficient (Wildman–Crippen LogP) is 0.419. The third-order valence-corrected chi connectivity index (χ3v) is 8.41. The van der Waals surface area contributed by atoms with Crippen LogP contribution in [0.2, 0.25) is 0 Å². The highest BCUT2D eigenvalue weighted by atomic mass is 16.8. The van der Waals surface area contributed by atoms with Gasteiger partial charge in [-0.05, 0) is 51.5 Å². The van der Waals surface area contributed by atoms with Crippen LogP contribution in [0, 0.1) is 0 Å². The number of hydrogen-bond donors (Lipinski definition) is 8. The van der Waals surface area contributed by atoms with Crippen molar-refractivity contribution in [3.8, 4) is 34.3 Å². The number of hydrogen-bond acceptors (Lipinski definition) is 15. The second kappa shape index (κ2) is 14.4. The summed E-state index contributed by atoms with van der Waals surface area (Å²) in [4.78, 5) is 14.3. The lowest BCUT2D eigenvalue weighted by Gasteiger charge is -2.45. The number of fused-ring (bicyclic) bond motifs is 1. The van der Waals surface area contributed by atoms with E-state index in [9.17, 15) is 45.6 Å². The van der Waals surface area contributed by atoms with Gasteiger partial charge in [0.1, 0.15) is 64.8 Å². The standard InChI is InChI=1S/C33H40O15/c1-13(2)5-10-17-18(35)11-19(36)21-24(39)30(28(46-29(17)21)15-6-8-16(43-4)9-7-15)47-33-31(26(41)22(37)14(3)44-33)48-32-27(42)25(40)23(38)20(12-34)45-32/h5-9,11,14,20,22-23,25-27,31-38,40-42H,10,12H2,1-4H3/t14?,20?,22-,23+,25?,26?,27+,31-,32-,33-/m0/s1. The number of phenolic OH excluding ortho intramolecular Hbond substituents is 2. The number of rotatable bonds is 9. The minimum atomic E-state index is -1.88. The highest BCUT2D eigenvalue weighted by Gasteiger charge is 2.51. The number of phenols is 2. The fraction of sp³-hybridized carbons (Fsp3) is 0.485. The van der Waals surface area contributed by atoms with Crippen molar-refractivity contribution in [2.45, 2.75) is 88.6 Å². The number of aliphatic hydroxyl groups is 6. The predicted molar refractivity (Wildman–Crippen MR) is 167 cm³/mol. The Morgan fingerprint density at radius 1 is 0.896 bits per heavy atom. The zero-order chi connectivity index (χ0) is 35.0. The Morgan fingerprint density at radius 2 is 1.58 bits per heavy atom. The Hall–Kier alpha value is -3.77. The number of methoxy groups -OCH3 is 1. The summed E-state index contributed by atoms with van der Waals surface area (Å²) in [7, 11) is 1.47. The van der Waals surface area contributed by atoms with Crippen LogP contribution in [0.15, 0.2) is 51.2 Å². The van der Waals surface area contributed by atoms with Gasteiger partial charge in [-0.25, -0.2) is 0 Å². The zero-order valence-corrected chi connectivity index (χ0v) is 26.6. The van der Waals surface area contributed by atoms with Gasteiger partial charge in [0.05, 0.1) is 19.8 Å². The molecule has 3 aromatic rings. The van der Waals surface area contributed by atoms with Gasteiger partial charge >= 0.3 is 0 Å². The smallest absolute Gasteiger partial charge is 0.239 e. The van der Waals surface area contributed by atoms with Crippen LogP contribution in [0.5, 0.6) is 23.0 Å². The molecule has 10 atom stereocenters. The Bertz CT molecular complexity index is 1680. The molecule has 0 bridgehead atoms. The van der Waals surface area contributed by atoms with Crippen LogP contribution in [0.1, 0.15) is 26.3 Å². The molecule has 8 N–H and O–H groups in total. The van der Waals surface area contributed by atoms with E-state index in [4.69, 9.17) is 28.1 Å². The molecule has 15 nitrogen and oxygen atoms in total. The van der Waals surface area contributed by atoms with E-state index in [-0.39, 0.29) is 34.5 Å².